The molecule has 1 heterocycles. The van der Waals surface area contributed by atoms with Gasteiger partial charge in [0.05, 0.1) is 24.4 Å². The maximum Gasteiger partial charge on any atom is 0.292 e. The maximum atomic E-state index is 12.0. The zero-order valence-corrected chi connectivity index (χ0v) is 12.2. The third-order valence-corrected chi connectivity index (χ3v) is 2.72. The van der Waals surface area contributed by atoms with Gasteiger partial charge in [0, 0.05) is 20.3 Å². The molecule has 110 valence electrons. The number of aromatic nitrogens is 2. The van der Waals surface area contributed by atoms with Crippen molar-refractivity contribution in [3.05, 3.63) is 21.6 Å². The molecular formula is C13H18ClN3O3. The van der Waals surface area contributed by atoms with Gasteiger partial charge in [0.15, 0.2) is 0 Å². The standard InChI is InChI=1S/C13H18ClN3O3/c1-3-6-17-13(18)12(11(14)10-16-17)15-5-4-7-20-9-8-19-2/h1,10,15H,4-9H2,2H3. The van der Waals surface area contributed by atoms with Crippen LogP contribution in [0, 0.1) is 12.3 Å². The van der Waals surface area contributed by atoms with E-state index in [0.717, 1.165) is 6.42 Å². The molecule has 0 aromatic carbocycles. The summed E-state index contributed by atoms with van der Waals surface area (Å²) in [5.41, 5.74) is -0.00967. The third kappa shape index (κ3) is 5.21. The molecule has 0 amide bonds. The predicted molar refractivity (Wildman–Crippen MR) is 78.1 cm³/mol. The van der Waals surface area contributed by atoms with E-state index in [-0.39, 0.29) is 17.1 Å². The van der Waals surface area contributed by atoms with Crippen molar-refractivity contribution in [3.63, 3.8) is 0 Å². The van der Waals surface area contributed by atoms with Crippen LogP contribution in [0.5, 0.6) is 0 Å². The molecule has 0 radical (unpaired) electrons. The summed E-state index contributed by atoms with van der Waals surface area (Å²) in [7, 11) is 1.62. The number of methoxy groups -OCH3 is 1. The SMILES string of the molecule is C#CCn1ncc(Cl)c(NCCCOCCOC)c1=O. The van der Waals surface area contributed by atoms with Gasteiger partial charge >= 0.3 is 0 Å². The van der Waals surface area contributed by atoms with E-state index in [1.807, 2.05) is 0 Å². The molecule has 0 saturated heterocycles. The molecule has 0 spiro atoms. The van der Waals surface area contributed by atoms with Gasteiger partial charge in [0.1, 0.15) is 12.2 Å². The van der Waals surface area contributed by atoms with Crippen LogP contribution in [0.3, 0.4) is 0 Å². The summed E-state index contributed by atoms with van der Waals surface area (Å²) in [4.78, 5) is 12.0. The average molecular weight is 300 g/mol. The lowest BCUT2D eigenvalue weighted by molar-refractivity contribution is 0.0705. The Hall–Kier alpha value is -1.55. The molecule has 6 nitrogen and oxygen atoms in total. The van der Waals surface area contributed by atoms with Crippen LogP contribution in [0.1, 0.15) is 6.42 Å². The van der Waals surface area contributed by atoms with Crippen LogP contribution in [-0.4, -0.2) is 43.3 Å². The van der Waals surface area contributed by atoms with Gasteiger partial charge in [0.25, 0.3) is 5.56 Å². The van der Waals surface area contributed by atoms with Gasteiger partial charge in [-0.05, 0) is 6.42 Å². The second-order valence-electron chi connectivity index (χ2n) is 3.92. The quantitative estimate of drug-likeness (QED) is 0.544. The smallest absolute Gasteiger partial charge is 0.292 e. The van der Waals surface area contributed by atoms with Crippen molar-refractivity contribution >= 4 is 17.3 Å². The van der Waals surface area contributed by atoms with Crippen molar-refractivity contribution < 1.29 is 9.47 Å². The summed E-state index contributed by atoms with van der Waals surface area (Å²) in [6.07, 6.45) is 7.31. The van der Waals surface area contributed by atoms with Crippen LogP contribution < -0.4 is 10.9 Å². The van der Waals surface area contributed by atoms with Crippen LogP contribution in [0.25, 0.3) is 0 Å². The van der Waals surface area contributed by atoms with Gasteiger partial charge in [-0.3, -0.25) is 4.79 Å². The first-order valence-corrected chi connectivity index (χ1v) is 6.58. The Kier molecular flexibility index (Phi) is 7.73. The molecule has 0 aliphatic carbocycles. The Morgan fingerprint density at radius 2 is 2.30 bits per heavy atom. The molecule has 7 heteroatoms. The van der Waals surface area contributed by atoms with E-state index in [9.17, 15) is 4.79 Å². The van der Waals surface area contributed by atoms with E-state index in [1.165, 1.54) is 10.9 Å². The van der Waals surface area contributed by atoms with Gasteiger partial charge in [-0.25, -0.2) is 4.68 Å². The number of hydrogen-bond donors (Lipinski definition) is 1. The highest BCUT2D eigenvalue weighted by Crippen LogP contribution is 2.14. The maximum absolute atomic E-state index is 12.0. The lowest BCUT2D eigenvalue weighted by Gasteiger charge is -2.09. The molecule has 0 saturated carbocycles. The zero-order valence-electron chi connectivity index (χ0n) is 11.4. The Labute approximate surface area is 123 Å². The molecular weight excluding hydrogens is 282 g/mol. The molecule has 0 aliphatic rings. The number of terminal acetylenes is 1. The largest absolute Gasteiger partial charge is 0.382 e. The first kappa shape index (κ1) is 16.5. The van der Waals surface area contributed by atoms with Gasteiger partial charge in [-0.1, -0.05) is 17.5 Å². The molecule has 0 fully saturated rings. The molecule has 0 atom stereocenters. The third-order valence-electron chi connectivity index (χ3n) is 2.44. The van der Waals surface area contributed by atoms with Crippen LogP contribution in [-0.2, 0) is 16.0 Å². The average Bonchev–Trinajstić information content (AvgIpc) is 2.44. The summed E-state index contributed by atoms with van der Waals surface area (Å²) >= 11 is 5.95. The normalized spacial score (nSPS) is 10.2. The molecule has 1 aromatic heterocycles. The highest BCUT2D eigenvalue weighted by atomic mass is 35.5. The van der Waals surface area contributed by atoms with E-state index in [2.05, 4.69) is 16.3 Å². The fourth-order valence-electron chi connectivity index (χ4n) is 1.46. The summed E-state index contributed by atoms with van der Waals surface area (Å²) in [5.74, 6) is 2.37. The number of nitrogens with one attached hydrogen (secondary N) is 1. The van der Waals surface area contributed by atoms with E-state index in [0.29, 0.717) is 32.1 Å². The van der Waals surface area contributed by atoms with E-state index < -0.39 is 0 Å². The topological polar surface area (TPSA) is 65.4 Å². The van der Waals surface area contributed by atoms with Crippen LogP contribution in [0.2, 0.25) is 5.02 Å². The molecule has 0 unspecified atom stereocenters. The first-order valence-electron chi connectivity index (χ1n) is 6.20. The Morgan fingerprint density at radius 1 is 1.50 bits per heavy atom. The van der Waals surface area contributed by atoms with Gasteiger partial charge < -0.3 is 14.8 Å². The number of nitrogens with zero attached hydrogens (tertiary/aromatic N) is 2. The molecule has 20 heavy (non-hydrogen) atoms. The molecule has 0 bridgehead atoms. The minimum atomic E-state index is -0.323. The number of halogens is 1. The van der Waals surface area contributed by atoms with E-state index in [1.54, 1.807) is 7.11 Å². The predicted octanol–water partition coefficient (Wildman–Crippen LogP) is 0.995. The molecule has 1 aromatic rings. The second-order valence-corrected chi connectivity index (χ2v) is 4.33. The van der Waals surface area contributed by atoms with Crippen molar-refractivity contribution in [1.29, 1.82) is 0 Å². The van der Waals surface area contributed by atoms with Crippen LogP contribution in [0.4, 0.5) is 5.69 Å². The van der Waals surface area contributed by atoms with Crippen LogP contribution in [0.15, 0.2) is 11.0 Å². The summed E-state index contributed by atoms with van der Waals surface area (Å²) in [6.45, 7) is 2.40. The number of anilines is 1. The second kappa shape index (κ2) is 9.37. The lowest BCUT2D eigenvalue weighted by Crippen LogP contribution is -2.26. The van der Waals surface area contributed by atoms with E-state index >= 15 is 0 Å². The molecule has 1 rings (SSSR count). The highest BCUT2D eigenvalue weighted by molar-refractivity contribution is 6.32. The van der Waals surface area contributed by atoms with Crippen molar-refractivity contribution in [2.45, 2.75) is 13.0 Å². The zero-order chi connectivity index (χ0) is 14.8. The Balaban J connectivity index is 2.45. The van der Waals surface area contributed by atoms with Crippen molar-refractivity contribution in [2.24, 2.45) is 0 Å². The fourth-order valence-corrected chi connectivity index (χ4v) is 1.65. The van der Waals surface area contributed by atoms with Gasteiger partial charge in [-0.2, -0.15) is 5.10 Å². The Morgan fingerprint density at radius 3 is 3.00 bits per heavy atom. The molecule has 1 N–H and O–H groups in total. The van der Waals surface area contributed by atoms with Gasteiger partial charge in [0.2, 0.25) is 0 Å². The lowest BCUT2D eigenvalue weighted by atomic mass is 10.4. The van der Waals surface area contributed by atoms with Crippen molar-refractivity contribution in [1.82, 2.24) is 9.78 Å². The number of ether oxygens (including phenoxy) is 2. The summed E-state index contributed by atoms with van der Waals surface area (Å²) in [5, 5.41) is 7.12. The fraction of sp³-hybridized carbons (Fsp3) is 0.538. The van der Waals surface area contributed by atoms with Crippen molar-refractivity contribution in [3.8, 4) is 12.3 Å². The van der Waals surface area contributed by atoms with Crippen LogP contribution >= 0.6 is 11.6 Å². The summed E-state index contributed by atoms with van der Waals surface area (Å²) < 4.78 is 11.4. The highest BCUT2D eigenvalue weighted by Gasteiger charge is 2.08. The van der Waals surface area contributed by atoms with Gasteiger partial charge in [-0.15, -0.1) is 6.42 Å². The number of rotatable bonds is 9. The Bertz CT molecular complexity index is 511. The molecule has 0 aliphatic heterocycles. The van der Waals surface area contributed by atoms with Crippen molar-refractivity contribution in [2.75, 3.05) is 38.8 Å². The number of hydrogen-bond acceptors (Lipinski definition) is 5. The minimum absolute atomic E-state index is 0.116. The summed E-state index contributed by atoms with van der Waals surface area (Å²) in [6, 6.07) is 0. The monoisotopic (exact) mass is 299 g/mol. The first-order chi connectivity index (χ1) is 9.70. The van der Waals surface area contributed by atoms with E-state index in [4.69, 9.17) is 27.5 Å². The minimum Gasteiger partial charge on any atom is -0.382 e.